The normalized spacial score (nSPS) is 13.4. The number of aliphatic carboxylic acids is 3. The van der Waals surface area contributed by atoms with E-state index in [1.807, 2.05) is 0 Å². The molecule has 0 heterocycles. The van der Waals surface area contributed by atoms with Crippen LogP contribution in [-0.2, 0) is 14.4 Å². The fourth-order valence-corrected chi connectivity index (χ4v) is 0.627. The number of hydrogen-bond donors (Lipinski definition) is 6. The fraction of sp³-hybridized carbons (Fsp3) is 0.750. The van der Waals surface area contributed by atoms with Crippen LogP contribution in [0.3, 0.4) is 0 Å². The third kappa shape index (κ3) is 38.1. The fourth-order valence-electron chi connectivity index (χ4n) is 0.627. The third-order valence-electron chi connectivity index (χ3n) is 1.70. The molecule has 0 spiro atoms. The van der Waals surface area contributed by atoms with Gasteiger partial charge in [0.05, 0.1) is 6.42 Å². The lowest BCUT2D eigenvalue weighted by molar-refractivity contribution is -0.138. The van der Waals surface area contributed by atoms with E-state index in [0.717, 1.165) is 0 Å². The highest BCUT2D eigenvalue weighted by Gasteiger charge is 2.00. The quantitative estimate of drug-likeness (QED) is 0.372. The SMILES string of the molecule is CC(N)C(=O)O.CC(N)CC(=O)O.CC(N)CCC(=O)O. The van der Waals surface area contributed by atoms with Crippen molar-refractivity contribution in [2.24, 2.45) is 17.2 Å². The van der Waals surface area contributed by atoms with Crippen molar-refractivity contribution in [1.29, 1.82) is 0 Å². The van der Waals surface area contributed by atoms with E-state index in [4.69, 9.17) is 32.5 Å². The molecule has 0 radical (unpaired) electrons. The van der Waals surface area contributed by atoms with Gasteiger partial charge < -0.3 is 32.5 Å². The maximum absolute atomic E-state index is 9.85. The first-order valence-corrected chi connectivity index (χ1v) is 6.33. The van der Waals surface area contributed by atoms with Gasteiger partial charge in [-0.15, -0.1) is 0 Å². The lowest BCUT2D eigenvalue weighted by atomic mass is 10.2. The molecule has 0 saturated carbocycles. The second-order valence-electron chi connectivity index (χ2n) is 4.61. The van der Waals surface area contributed by atoms with E-state index in [9.17, 15) is 14.4 Å². The Hall–Kier alpha value is -1.71. The molecule has 0 aromatic heterocycles. The van der Waals surface area contributed by atoms with Gasteiger partial charge in [-0.1, -0.05) is 0 Å². The van der Waals surface area contributed by atoms with Crippen LogP contribution in [0.2, 0.25) is 0 Å². The Bertz CT molecular complexity index is 305. The predicted octanol–water partition coefficient (Wildman–Crippen LogP) is -0.575. The number of carboxylic acids is 3. The van der Waals surface area contributed by atoms with Crippen molar-refractivity contribution in [1.82, 2.24) is 0 Å². The molecular weight excluding hydrogens is 282 g/mol. The first-order valence-electron chi connectivity index (χ1n) is 6.33. The van der Waals surface area contributed by atoms with Crippen LogP contribution in [0, 0.1) is 0 Å². The van der Waals surface area contributed by atoms with Gasteiger partial charge in [-0.05, 0) is 27.2 Å². The number of rotatable bonds is 6. The lowest BCUT2D eigenvalue weighted by Crippen LogP contribution is -2.25. The minimum Gasteiger partial charge on any atom is -0.481 e. The summed E-state index contributed by atoms with van der Waals surface area (Å²) in [6, 6.07) is -0.950. The van der Waals surface area contributed by atoms with Gasteiger partial charge >= 0.3 is 17.9 Å². The summed E-state index contributed by atoms with van der Waals surface area (Å²) in [5.74, 6) is -2.58. The highest BCUT2D eigenvalue weighted by atomic mass is 16.4. The van der Waals surface area contributed by atoms with Crippen LogP contribution >= 0.6 is 0 Å². The van der Waals surface area contributed by atoms with Crippen molar-refractivity contribution in [3.63, 3.8) is 0 Å². The lowest BCUT2D eigenvalue weighted by Gasteiger charge is -1.98. The van der Waals surface area contributed by atoms with E-state index in [0.29, 0.717) is 6.42 Å². The van der Waals surface area contributed by atoms with E-state index in [1.165, 1.54) is 6.92 Å². The van der Waals surface area contributed by atoms with Crippen LogP contribution in [0.5, 0.6) is 0 Å². The van der Waals surface area contributed by atoms with Crippen molar-refractivity contribution < 1.29 is 29.7 Å². The molecule has 0 aromatic carbocycles. The molecule has 0 fully saturated rings. The van der Waals surface area contributed by atoms with Gasteiger partial charge in [-0.25, -0.2) is 0 Å². The number of carbonyl (C=O) groups is 3. The van der Waals surface area contributed by atoms with Crippen molar-refractivity contribution in [3.05, 3.63) is 0 Å². The van der Waals surface area contributed by atoms with E-state index in [2.05, 4.69) is 0 Å². The molecule has 126 valence electrons. The maximum atomic E-state index is 9.85. The van der Waals surface area contributed by atoms with Gasteiger partial charge in [0.1, 0.15) is 6.04 Å². The second-order valence-corrected chi connectivity index (χ2v) is 4.61. The van der Waals surface area contributed by atoms with E-state index >= 15 is 0 Å². The largest absolute Gasteiger partial charge is 0.481 e. The topological polar surface area (TPSA) is 190 Å². The number of carboxylic acid groups (broad SMARTS) is 3. The molecule has 0 aromatic rings. The summed E-state index contributed by atoms with van der Waals surface area (Å²) in [7, 11) is 0. The van der Waals surface area contributed by atoms with Crippen molar-refractivity contribution in [2.75, 3.05) is 0 Å². The molecule has 21 heavy (non-hydrogen) atoms. The summed E-state index contributed by atoms with van der Waals surface area (Å²) in [5, 5.41) is 24.0. The summed E-state index contributed by atoms with van der Waals surface area (Å²) in [4.78, 5) is 29.2. The van der Waals surface area contributed by atoms with E-state index in [1.54, 1.807) is 13.8 Å². The molecule has 3 unspecified atom stereocenters. The molecule has 3 atom stereocenters. The van der Waals surface area contributed by atoms with Crippen LogP contribution in [-0.4, -0.2) is 51.4 Å². The van der Waals surface area contributed by atoms with Crippen LogP contribution in [0.1, 0.15) is 40.0 Å². The number of nitrogens with two attached hydrogens (primary N) is 3. The van der Waals surface area contributed by atoms with Gasteiger partial charge in [0, 0.05) is 18.5 Å². The summed E-state index contributed by atoms with van der Waals surface area (Å²) in [5.41, 5.74) is 15.2. The van der Waals surface area contributed by atoms with Crippen LogP contribution in [0.15, 0.2) is 0 Å². The van der Waals surface area contributed by atoms with Gasteiger partial charge in [-0.3, -0.25) is 14.4 Å². The Morgan fingerprint density at radius 3 is 1.29 bits per heavy atom. The highest BCUT2D eigenvalue weighted by molar-refractivity contribution is 5.72. The zero-order chi connectivity index (χ0) is 17.6. The van der Waals surface area contributed by atoms with Crippen molar-refractivity contribution in [2.45, 2.75) is 58.2 Å². The van der Waals surface area contributed by atoms with E-state index < -0.39 is 23.9 Å². The Labute approximate surface area is 124 Å². The zero-order valence-corrected chi connectivity index (χ0v) is 12.7. The Kier molecular flexibility index (Phi) is 17.0. The maximum Gasteiger partial charge on any atom is 0.320 e. The smallest absolute Gasteiger partial charge is 0.320 e. The third-order valence-corrected chi connectivity index (χ3v) is 1.70. The summed E-state index contributed by atoms with van der Waals surface area (Å²) in [6.45, 7) is 4.87. The molecule has 9 nitrogen and oxygen atoms in total. The summed E-state index contributed by atoms with van der Waals surface area (Å²) in [6.07, 6.45) is 0.799. The molecular formula is C12H27N3O6. The van der Waals surface area contributed by atoms with Crippen LogP contribution in [0.4, 0.5) is 0 Å². The van der Waals surface area contributed by atoms with Crippen LogP contribution in [0.25, 0.3) is 0 Å². The zero-order valence-electron chi connectivity index (χ0n) is 12.7. The minimum absolute atomic E-state index is 0.00565. The Balaban J connectivity index is -0.000000234. The molecule has 0 saturated heterocycles. The highest BCUT2D eigenvalue weighted by Crippen LogP contribution is 1.91. The average Bonchev–Trinajstić information content (AvgIpc) is 2.25. The minimum atomic E-state index is -0.963. The molecule has 0 rings (SSSR count). The molecule has 9 heteroatoms. The molecule has 0 amide bonds. The molecule has 0 aliphatic heterocycles. The Morgan fingerprint density at radius 2 is 1.24 bits per heavy atom. The Morgan fingerprint density at radius 1 is 0.857 bits per heavy atom. The standard InChI is InChI=1S/C5H11NO2.C4H9NO2.C3H7NO2/c1-4(6)2-3-5(7)8;1-3(5)2-4(6)7;1-2(4)3(5)6/h4H,2-3,6H2,1H3,(H,7,8);3H,2,5H2,1H3,(H,6,7);2H,4H2,1H3,(H,5,6). The monoisotopic (exact) mass is 309 g/mol. The molecule has 0 bridgehead atoms. The number of hydrogen-bond acceptors (Lipinski definition) is 6. The molecule has 9 N–H and O–H groups in total. The first kappa shape index (κ1) is 24.3. The first-order chi connectivity index (χ1) is 9.39. The second kappa shape index (κ2) is 14.7. The summed E-state index contributed by atoms with van der Waals surface area (Å²) < 4.78 is 0. The van der Waals surface area contributed by atoms with E-state index in [-0.39, 0.29) is 24.9 Å². The van der Waals surface area contributed by atoms with Gasteiger partial charge in [0.2, 0.25) is 0 Å². The molecule has 0 aliphatic rings. The molecule has 0 aliphatic carbocycles. The predicted molar refractivity (Wildman–Crippen MR) is 77.7 cm³/mol. The van der Waals surface area contributed by atoms with Gasteiger partial charge in [0.15, 0.2) is 0 Å². The van der Waals surface area contributed by atoms with Gasteiger partial charge in [0.25, 0.3) is 0 Å². The van der Waals surface area contributed by atoms with Crippen LogP contribution < -0.4 is 17.2 Å². The van der Waals surface area contributed by atoms with Gasteiger partial charge in [-0.2, -0.15) is 0 Å². The van der Waals surface area contributed by atoms with Crippen molar-refractivity contribution >= 4 is 17.9 Å². The van der Waals surface area contributed by atoms with Crippen molar-refractivity contribution in [3.8, 4) is 0 Å². The summed E-state index contributed by atoms with van der Waals surface area (Å²) >= 11 is 0. The average molecular weight is 309 g/mol.